The molecule has 5 nitrogen and oxygen atoms in total. The molecule has 2 aromatic heterocycles. The maximum atomic E-state index is 11.6. The number of unbranched alkanes of at least 4 members (excludes halogenated alkanes) is 2. The van der Waals surface area contributed by atoms with Crippen molar-refractivity contribution in [3.8, 4) is 0 Å². The van der Waals surface area contributed by atoms with Gasteiger partial charge in [-0.3, -0.25) is 4.79 Å². The van der Waals surface area contributed by atoms with E-state index in [0.717, 1.165) is 13.0 Å². The smallest absolute Gasteiger partial charge is 0.302 e. The average Bonchev–Trinajstić information content (AvgIpc) is 2.63. The topological polar surface area (TPSA) is 65.4 Å². The highest BCUT2D eigenvalue weighted by molar-refractivity contribution is 5.63. The van der Waals surface area contributed by atoms with Crippen LogP contribution in [0.4, 0.5) is 0 Å². The van der Waals surface area contributed by atoms with E-state index in [9.17, 15) is 4.79 Å². The van der Waals surface area contributed by atoms with Gasteiger partial charge in [-0.05, 0) is 12.8 Å². The second kappa shape index (κ2) is 4.25. The SMILES string of the molecule is CCCCC[n+]1c[nH]c2nc[nH]c(=O)c21. The van der Waals surface area contributed by atoms with Gasteiger partial charge in [-0.2, -0.15) is 4.98 Å². The van der Waals surface area contributed by atoms with E-state index in [-0.39, 0.29) is 5.56 Å². The van der Waals surface area contributed by atoms with Crippen molar-refractivity contribution >= 4 is 11.2 Å². The minimum absolute atomic E-state index is 0.0854. The fourth-order valence-electron chi connectivity index (χ4n) is 1.68. The van der Waals surface area contributed by atoms with E-state index >= 15 is 0 Å². The van der Waals surface area contributed by atoms with Crippen LogP contribution < -0.4 is 10.1 Å². The van der Waals surface area contributed by atoms with E-state index in [4.69, 9.17) is 0 Å². The first-order valence-electron chi connectivity index (χ1n) is 5.27. The van der Waals surface area contributed by atoms with E-state index in [1.54, 1.807) is 0 Å². The van der Waals surface area contributed by atoms with Crippen LogP contribution in [0.15, 0.2) is 17.4 Å². The van der Waals surface area contributed by atoms with Crippen LogP contribution in [0.5, 0.6) is 0 Å². The van der Waals surface area contributed by atoms with Gasteiger partial charge in [0, 0.05) is 0 Å². The molecule has 0 amide bonds. The van der Waals surface area contributed by atoms with Crippen LogP contribution in [0.2, 0.25) is 0 Å². The molecular formula is C10H15N4O+. The predicted molar refractivity (Wildman–Crippen MR) is 56.4 cm³/mol. The van der Waals surface area contributed by atoms with Crippen molar-refractivity contribution in [3.05, 3.63) is 23.0 Å². The zero-order chi connectivity index (χ0) is 10.7. The molecule has 0 aliphatic carbocycles. The molecule has 2 N–H and O–H groups in total. The highest BCUT2D eigenvalue weighted by Crippen LogP contribution is 1.98. The number of aromatic amines is 2. The molecule has 15 heavy (non-hydrogen) atoms. The number of H-pyrrole nitrogens is 2. The molecular weight excluding hydrogens is 192 g/mol. The lowest BCUT2D eigenvalue weighted by Gasteiger charge is -1.95. The maximum Gasteiger partial charge on any atom is 0.302 e. The third-order valence-electron chi connectivity index (χ3n) is 2.48. The number of aromatic nitrogens is 4. The summed E-state index contributed by atoms with van der Waals surface area (Å²) in [5, 5.41) is 0. The normalized spacial score (nSPS) is 11.0. The lowest BCUT2D eigenvalue weighted by Crippen LogP contribution is -2.36. The summed E-state index contributed by atoms with van der Waals surface area (Å²) in [6, 6.07) is 0. The highest BCUT2D eigenvalue weighted by Gasteiger charge is 2.13. The van der Waals surface area contributed by atoms with Crippen LogP contribution in [0.1, 0.15) is 26.2 Å². The molecule has 0 bridgehead atoms. The highest BCUT2D eigenvalue weighted by atomic mass is 16.1. The van der Waals surface area contributed by atoms with E-state index in [1.165, 1.54) is 19.2 Å². The number of nitrogens with zero attached hydrogens (tertiary/aromatic N) is 2. The van der Waals surface area contributed by atoms with Crippen molar-refractivity contribution in [2.24, 2.45) is 0 Å². The molecule has 0 aliphatic heterocycles. The maximum absolute atomic E-state index is 11.6. The minimum Gasteiger partial charge on any atom is -0.309 e. The van der Waals surface area contributed by atoms with E-state index < -0.39 is 0 Å². The second-order valence-corrected chi connectivity index (χ2v) is 3.60. The summed E-state index contributed by atoms with van der Waals surface area (Å²) in [5.41, 5.74) is 1.20. The molecule has 0 atom stereocenters. The van der Waals surface area contributed by atoms with Crippen LogP contribution in [-0.4, -0.2) is 15.0 Å². The van der Waals surface area contributed by atoms with Gasteiger partial charge in [0.1, 0.15) is 0 Å². The average molecular weight is 207 g/mol. The van der Waals surface area contributed by atoms with Gasteiger partial charge in [0.2, 0.25) is 6.33 Å². The third-order valence-corrected chi connectivity index (χ3v) is 2.48. The summed E-state index contributed by atoms with van der Waals surface area (Å²) < 4.78 is 1.93. The van der Waals surface area contributed by atoms with Crippen molar-refractivity contribution in [2.75, 3.05) is 0 Å². The summed E-state index contributed by atoms with van der Waals surface area (Å²) in [6.07, 6.45) is 6.66. The first-order chi connectivity index (χ1) is 7.33. The molecule has 0 radical (unpaired) electrons. The van der Waals surface area contributed by atoms with Crippen LogP contribution in [0, 0.1) is 0 Å². The van der Waals surface area contributed by atoms with Crippen molar-refractivity contribution in [3.63, 3.8) is 0 Å². The standard InChI is InChI=1S/C10H14N4O/c1-2-3-4-5-14-7-13-9-8(14)10(15)12-6-11-9/h6-7H,2-5H2,1H3,(H,11,12,15)/p+1. The Morgan fingerprint density at radius 3 is 3.07 bits per heavy atom. The van der Waals surface area contributed by atoms with Gasteiger partial charge < -0.3 is 4.98 Å². The summed E-state index contributed by atoms with van der Waals surface area (Å²) in [7, 11) is 0. The van der Waals surface area contributed by atoms with Gasteiger partial charge in [-0.1, -0.05) is 13.3 Å². The quantitative estimate of drug-likeness (QED) is 0.573. The Hall–Kier alpha value is -1.65. The first kappa shape index (κ1) is 9.89. The third kappa shape index (κ3) is 1.91. The lowest BCUT2D eigenvalue weighted by atomic mass is 10.2. The van der Waals surface area contributed by atoms with E-state index in [2.05, 4.69) is 21.9 Å². The van der Waals surface area contributed by atoms with Crippen molar-refractivity contribution in [1.29, 1.82) is 0 Å². The largest absolute Gasteiger partial charge is 0.309 e. The Kier molecular flexibility index (Phi) is 2.80. The number of hydrogen-bond acceptors (Lipinski definition) is 2. The van der Waals surface area contributed by atoms with Gasteiger partial charge in [-0.15, -0.1) is 0 Å². The summed E-state index contributed by atoms with van der Waals surface area (Å²) in [5.74, 6) is 0. The molecule has 80 valence electrons. The number of hydrogen-bond donors (Lipinski definition) is 2. The Balaban J connectivity index is 2.32. The Bertz CT molecular complexity index is 499. The van der Waals surface area contributed by atoms with E-state index in [0.29, 0.717) is 11.2 Å². The van der Waals surface area contributed by atoms with Crippen LogP contribution >= 0.6 is 0 Å². The number of aryl methyl sites for hydroxylation is 1. The van der Waals surface area contributed by atoms with Crippen molar-refractivity contribution in [2.45, 2.75) is 32.7 Å². The monoisotopic (exact) mass is 207 g/mol. The second-order valence-electron chi connectivity index (χ2n) is 3.60. The van der Waals surface area contributed by atoms with Gasteiger partial charge >= 0.3 is 5.56 Å². The fraction of sp³-hybridized carbons (Fsp3) is 0.500. The molecule has 0 saturated heterocycles. The fourth-order valence-corrected chi connectivity index (χ4v) is 1.68. The Morgan fingerprint density at radius 1 is 1.40 bits per heavy atom. The minimum atomic E-state index is -0.0854. The zero-order valence-electron chi connectivity index (χ0n) is 8.79. The van der Waals surface area contributed by atoms with Gasteiger partial charge in [-0.25, -0.2) is 9.55 Å². The number of rotatable bonds is 4. The number of imidazole rings is 1. The van der Waals surface area contributed by atoms with Crippen molar-refractivity contribution < 1.29 is 4.57 Å². The molecule has 2 heterocycles. The molecule has 0 aliphatic rings. The Labute approximate surface area is 87.2 Å². The van der Waals surface area contributed by atoms with Crippen LogP contribution in [-0.2, 0) is 6.54 Å². The molecule has 2 rings (SSSR count). The van der Waals surface area contributed by atoms with Crippen LogP contribution in [0.25, 0.3) is 11.2 Å². The predicted octanol–water partition coefficient (Wildman–Crippen LogP) is 0.729. The molecule has 0 saturated carbocycles. The van der Waals surface area contributed by atoms with E-state index in [1.807, 2.05) is 10.9 Å². The summed E-state index contributed by atoms with van der Waals surface area (Å²) in [4.78, 5) is 21.2. The molecule has 0 spiro atoms. The summed E-state index contributed by atoms with van der Waals surface area (Å²) in [6.45, 7) is 3.02. The van der Waals surface area contributed by atoms with Gasteiger partial charge in [0.25, 0.3) is 11.2 Å². The molecule has 0 unspecified atom stereocenters. The van der Waals surface area contributed by atoms with Gasteiger partial charge in [0.05, 0.1) is 12.9 Å². The molecule has 2 aromatic rings. The zero-order valence-corrected chi connectivity index (χ0v) is 8.79. The number of fused-ring (bicyclic) bond motifs is 1. The lowest BCUT2D eigenvalue weighted by molar-refractivity contribution is -0.672. The summed E-state index contributed by atoms with van der Waals surface area (Å²) >= 11 is 0. The first-order valence-corrected chi connectivity index (χ1v) is 5.27. The van der Waals surface area contributed by atoms with Crippen LogP contribution in [0.3, 0.4) is 0 Å². The molecule has 0 fully saturated rings. The Morgan fingerprint density at radius 2 is 2.27 bits per heavy atom. The molecule has 5 heteroatoms. The van der Waals surface area contributed by atoms with Gasteiger partial charge in [0.15, 0.2) is 0 Å². The number of nitrogens with one attached hydrogen (secondary N) is 2. The molecule has 0 aromatic carbocycles. The van der Waals surface area contributed by atoms with Crippen molar-refractivity contribution in [1.82, 2.24) is 15.0 Å².